The third-order valence-corrected chi connectivity index (χ3v) is 4.55. The summed E-state index contributed by atoms with van der Waals surface area (Å²) in [7, 11) is 0. The molecule has 0 N–H and O–H groups in total. The average molecular weight is 245 g/mol. The summed E-state index contributed by atoms with van der Waals surface area (Å²) in [6.07, 6.45) is 1.29. The van der Waals surface area contributed by atoms with Crippen LogP contribution >= 0.6 is 0 Å². The molecule has 1 aliphatic carbocycles. The fourth-order valence-electron chi connectivity index (χ4n) is 3.20. The molecule has 2 nitrogen and oxygen atoms in total. The third kappa shape index (κ3) is 2.08. The first-order valence-corrected chi connectivity index (χ1v) is 6.95. The zero-order chi connectivity index (χ0) is 12.8. The highest BCUT2D eigenvalue weighted by Gasteiger charge is 2.59. The predicted molar refractivity (Wildman–Crippen MR) is 73.4 cm³/mol. The second-order valence-corrected chi connectivity index (χ2v) is 6.60. The van der Waals surface area contributed by atoms with Crippen molar-refractivity contribution < 1.29 is 4.74 Å². The van der Waals surface area contributed by atoms with Gasteiger partial charge in [0, 0.05) is 18.6 Å². The summed E-state index contributed by atoms with van der Waals surface area (Å²) < 4.78 is 6.04. The molecular formula is C16H23NO. The van der Waals surface area contributed by atoms with E-state index in [1.807, 2.05) is 0 Å². The van der Waals surface area contributed by atoms with Gasteiger partial charge in [0.1, 0.15) is 0 Å². The van der Waals surface area contributed by atoms with Gasteiger partial charge >= 0.3 is 0 Å². The van der Waals surface area contributed by atoms with Crippen LogP contribution < -0.4 is 0 Å². The van der Waals surface area contributed by atoms with Gasteiger partial charge in [-0.15, -0.1) is 0 Å². The second kappa shape index (κ2) is 4.07. The highest BCUT2D eigenvalue weighted by atomic mass is 16.5. The zero-order valence-electron chi connectivity index (χ0n) is 11.6. The van der Waals surface area contributed by atoms with E-state index in [0.717, 1.165) is 25.6 Å². The van der Waals surface area contributed by atoms with Crippen molar-refractivity contribution in [1.29, 1.82) is 0 Å². The SMILES string of the molecule is CC1CC12COC(C)(C)CN2Cc1ccccc1. The number of morpholine rings is 1. The van der Waals surface area contributed by atoms with Crippen LogP contribution in [0.3, 0.4) is 0 Å². The van der Waals surface area contributed by atoms with Crippen molar-refractivity contribution in [2.45, 2.75) is 44.9 Å². The van der Waals surface area contributed by atoms with Crippen LogP contribution in [0, 0.1) is 5.92 Å². The van der Waals surface area contributed by atoms with Crippen molar-refractivity contribution in [3.63, 3.8) is 0 Å². The number of benzene rings is 1. The molecule has 2 atom stereocenters. The molecule has 2 unspecified atom stereocenters. The van der Waals surface area contributed by atoms with E-state index in [1.54, 1.807) is 0 Å². The molecule has 1 aromatic rings. The van der Waals surface area contributed by atoms with Crippen LogP contribution in [0.5, 0.6) is 0 Å². The third-order valence-electron chi connectivity index (χ3n) is 4.55. The quantitative estimate of drug-likeness (QED) is 0.794. The standard InChI is InChI=1S/C16H23NO/c1-13-9-16(13)12-18-15(2,3)11-17(16)10-14-7-5-4-6-8-14/h4-8,13H,9-12H2,1-3H3. The fraction of sp³-hybridized carbons (Fsp3) is 0.625. The topological polar surface area (TPSA) is 12.5 Å². The molecule has 2 heteroatoms. The lowest BCUT2D eigenvalue weighted by atomic mass is 10.0. The first-order valence-electron chi connectivity index (χ1n) is 6.95. The summed E-state index contributed by atoms with van der Waals surface area (Å²) in [6, 6.07) is 10.8. The minimum absolute atomic E-state index is 0.0116. The molecule has 0 aromatic heterocycles. The number of rotatable bonds is 2. The maximum atomic E-state index is 6.04. The predicted octanol–water partition coefficient (Wildman–Crippen LogP) is 3.08. The van der Waals surface area contributed by atoms with E-state index >= 15 is 0 Å². The van der Waals surface area contributed by atoms with Crippen LogP contribution in [0.25, 0.3) is 0 Å². The minimum Gasteiger partial charge on any atom is -0.372 e. The molecule has 98 valence electrons. The van der Waals surface area contributed by atoms with Crippen LogP contribution in [-0.2, 0) is 11.3 Å². The van der Waals surface area contributed by atoms with E-state index in [0.29, 0.717) is 5.54 Å². The first-order chi connectivity index (χ1) is 8.52. The van der Waals surface area contributed by atoms with Crippen molar-refractivity contribution in [1.82, 2.24) is 4.90 Å². The Morgan fingerprint density at radius 1 is 1.28 bits per heavy atom. The Hall–Kier alpha value is -0.860. The van der Waals surface area contributed by atoms with Gasteiger partial charge in [-0.05, 0) is 31.7 Å². The number of nitrogens with zero attached hydrogens (tertiary/aromatic N) is 1. The largest absolute Gasteiger partial charge is 0.372 e. The molecule has 1 saturated heterocycles. The lowest BCUT2D eigenvalue weighted by Crippen LogP contribution is -2.55. The van der Waals surface area contributed by atoms with Crippen molar-refractivity contribution in [2.75, 3.05) is 13.2 Å². The summed E-state index contributed by atoms with van der Waals surface area (Å²) in [4.78, 5) is 2.65. The second-order valence-electron chi connectivity index (χ2n) is 6.60. The summed E-state index contributed by atoms with van der Waals surface area (Å²) in [6.45, 7) is 9.73. The molecule has 0 bridgehead atoms. The van der Waals surface area contributed by atoms with E-state index in [2.05, 4.69) is 56.0 Å². The fourth-order valence-corrected chi connectivity index (χ4v) is 3.20. The summed E-state index contributed by atoms with van der Waals surface area (Å²) in [5.74, 6) is 0.775. The summed E-state index contributed by atoms with van der Waals surface area (Å²) in [5.41, 5.74) is 1.72. The maximum absolute atomic E-state index is 6.04. The molecule has 2 fully saturated rings. The molecular weight excluding hydrogens is 222 g/mol. The molecule has 3 rings (SSSR count). The van der Waals surface area contributed by atoms with Gasteiger partial charge in [-0.2, -0.15) is 0 Å². The van der Waals surface area contributed by atoms with Crippen molar-refractivity contribution in [3.05, 3.63) is 35.9 Å². The van der Waals surface area contributed by atoms with Crippen LogP contribution in [0.4, 0.5) is 0 Å². The van der Waals surface area contributed by atoms with Crippen LogP contribution in [-0.4, -0.2) is 29.2 Å². The molecule has 2 aliphatic rings. The van der Waals surface area contributed by atoms with E-state index in [9.17, 15) is 0 Å². The summed E-state index contributed by atoms with van der Waals surface area (Å²) >= 11 is 0. The van der Waals surface area contributed by atoms with Gasteiger partial charge in [-0.25, -0.2) is 0 Å². The lowest BCUT2D eigenvalue weighted by molar-refractivity contribution is -0.130. The van der Waals surface area contributed by atoms with E-state index in [1.165, 1.54) is 12.0 Å². The number of ether oxygens (including phenoxy) is 1. The Kier molecular flexibility index (Phi) is 2.76. The Morgan fingerprint density at radius 2 is 1.94 bits per heavy atom. The Bertz CT molecular complexity index is 428. The van der Waals surface area contributed by atoms with E-state index in [-0.39, 0.29) is 5.60 Å². The van der Waals surface area contributed by atoms with Gasteiger partial charge in [0.2, 0.25) is 0 Å². The van der Waals surface area contributed by atoms with Crippen molar-refractivity contribution in [3.8, 4) is 0 Å². The molecule has 1 spiro atoms. The van der Waals surface area contributed by atoms with Crippen LogP contribution in [0.2, 0.25) is 0 Å². The Labute approximate surface area is 110 Å². The van der Waals surface area contributed by atoms with Gasteiger partial charge in [-0.1, -0.05) is 37.3 Å². The number of hydrogen-bond donors (Lipinski definition) is 0. The monoisotopic (exact) mass is 245 g/mol. The molecule has 1 aliphatic heterocycles. The van der Waals surface area contributed by atoms with Gasteiger partial charge in [0.15, 0.2) is 0 Å². The van der Waals surface area contributed by atoms with Crippen molar-refractivity contribution >= 4 is 0 Å². The Morgan fingerprint density at radius 3 is 2.56 bits per heavy atom. The highest BCUT2D eigenvalue weighted by Crippen LogP contribution is 2.52. The van der Waals surface area contributed by atoms with Gasteiger partial charge in [-0.3, -0.25) is 4.90 Å². The van der Waals surface area contributed by atoms with E-state index in [4.69, 9.17) is 4.74 Å². The molecule has 0 radical (unpaired) electrons. The lowest BCUT2D eigenvalue weighted by Gasteiger charge is -2.45. The highest BCUT2D eigenvalue weighted by molar-refractivity contribution is 5.19. The number of hydrogen-bond acceptors (Lipinski definition) is 2. The summed E-state index contributed by atoms with van der Waals surface area (Å²) in [5, 5.41) is 0. The van der Waals surface area contributed by atoms with Gasteiger partial charge in [0.05, 0.1) is 12.2 Å². The molecule has 1 aromatic carbocycles. The Balaban J connectivity index is 1.79. The van der Waals surface area contributed by atoms with Gasteiger partial charge in [0.25, 0.3) is 0 Å². The molecule has 1 saturated carbocycles. The molecule has 0 amide bonds. The maximum Gasteiger partial charge on any atom is 0.0754 e. The smallest absolute Gasteiger partial charge is 0.0754 e. The molecule has 18 heavy (non-hydrogen) atoms. The molecule has 1 heterocycles. The van der Waals surface area contributed by atoms with Crippen molar-refractivity contribution in [2.24, 2.45) is 5.92 Å². The zero-order valence-corrected chi connectivity index (χ0v) is 11.6. The minimum atomic E-state index is -0.0116. The van der Waals surface area contributed by atoms with Crippen LogP contribution in [0.1, 0.15) is 32.8 Å². The van der Waals surface area contributed by atoms with Gasteiger partial charge < -0.3 is 4.74 Å². The van der Waals surface area contributed by atoms with E-state index < -0.39 is 0 Å². The first kappa shape index (κ1) is 12.2. The average Bonchev–Trinajstić information content (AvgIpc) is 2.98. The normalized spacial score (nSPS) is 34.7. The van der Waals surface area contributed by atoms with Crippen LogP contribution in [0.15, 0.2) is 30.3 Å².